The van der Waals surface area contributed by atoms with Gasteiger partial charge in [0.2, 0.25) is 0 Å². The lowest BCUT2D eigenvalue weighted by molar-refractivity contribution is -0.490. The van der Waals surface area contributed by atoms with Gasteiger partial charge in [-0.1, -0.05) is 55.0 Å². The Kier molecular flexibility index (Phi) is 3.88. The predicted octanol–water partition coefficient (Wildman–Crippen LogP) is 2.20. The lowest BCUT2D eigenvalue weighted by atomic mass is 9.89. The van der Waals surface area contributed by atoms with E-state index in [0.29, 0.717) is 5.56 Å². The van der Waals surface area contributed by atoms with Crippen molar-refractivity contribution < 1.29 is 15.3 Å². The third-order valence-corrected chi connectivity index (χ3v) is 3.35. The maximum atomic E-state index is 11.2. The zero-order valence-electron chi connectivity index (χ0n) is 11.0. The van der Waals surface area contributed by atoms with Gasteiger partial charge in [0.1, 0.15) is 5.75 Å². The first-order valence-electron chi connectivity index (χ1n) is 6.23. The zero-order chi connectivity index (χ0) is 14.0. The smallest absolute Gasteiger partial charge is 0.123 e. The van der Waals surface area contributed by atoms with E-state index >= 15 is 0 Å². The minimum atomic E-state index is -1.92. The van der Waals surface area contributed by atoms with E-state index in [1.807, 2.05) is 50.2 Å². The lowest BCUT2D eigenvalue weighted by Gasteiger charge is -2.22. The number of aliphatic hydroxyl groups excluding tert-OH is 1. The molecular formula is C16H17O3-. The molecule has 2 aromatic rings. The molecule has 0 spiro atoms. The fourth-order valence-electron chi connectivity index (χ4n) is 2.28. The van der Waals surface area contributed by atoms with Crippen LogP contribution in [0.25, 0.3) is 0 Å². The summed E-state index contributed by atoms with van der Waals surface area (Å²) in [5, 5.41) is 30.6. The molecule has 2 aromatic carbocycles. The monoisotopic (exact) mass is 257 g/mol. The van der Waals surface area contributed by atoms with Gasteiger partial charge in [0.15, 0.2) is 0 Å². The van der Waals surface area contributed by atoms with Gasteiger partial charge in [-0.25, -0.2) is 0 Å². The van der Waals surface area contributed by atoms with Crippen LogP contribution in [0.1, 0.15) is 41.4 Å². The molecule has 0 aliphatic rings. The predicted molar refractivity (Wildman–Crippen MR) is 71.8 cm³/mol. The largest absolute Gasteiger partial charge is 0.828 e. The second-order valence-electron chi connectivity index (χ2n) is 4.78. The lowest BCUT2D eigenvalue weighted by Crippen LogP contribution is -2.15. The Morgan fingerprint density at radius 2 is 1.63 bits per heavy atom. The van der Waals surface area contributed by atoms with Crippen LogP contribution in [0.2, 0.25) is 0 Å². The van der Waals surface area contributed by atoms with Gasteiger partial charge in [-0.3, -0.25) is 0 Å². The van der Waals surface area contributed by atoms with Gasteiger partial charge < -0.3 is 15.3 Å². The van der Waals surface area contributed by atoms with E-state index in [2.05, 4.69) is 0 Å². The highest BCUT2D eigenvalue weighted by molar-refractivity contribution is 5.48. The molecule has 2 rings (SSSR count). The van der Waals surface area contributed by atoms with Crippen molar-refractivity contribution in [2.45, 2.75) is 26.1 Å². The Labute approximate surface area is 112 Å². The first-order valence-corrected chi connectivity index (χ1v) is 6.23. The molecule has 3 heteroatoms. The van der Waals surface area contributed by atoms with E-state index in [4.69, 9.17) is 0 Å². The Balaban J connectivity index is 2.51. The second-order valence-corrected chi connectivity index (χ2v) is 4.78. The van der Waals surface area contributed by atoms with Crippen molar-refractivity contribution in [2.75, 3.05) is 0 Å². The van der Waals surface area contributed by atoms with E-state index in [1.165, 1.54) is 6.07 Å². The molecule has 0 fully saturated rings. The summed E-state index contributed by atoms with van der Waals surface area (Å²) in [6.07, 6.45) is -1.92. The van der Waals surface area contributed by atoms with Gasteiger partial charge in [-0.2, -0.15) is 0 Å². The number of phenolic OH excluding ortho intramolecular Hbond substituents is 1. The molecule has 2 N–H and O–H groups in total. The summed E-state index contributed by atoms with van der Waals surface area (Å²) in [7, 11) is 0. The maximum absolute atomic E-state index is 11.2. The number of aryl methyl sites for hydroxylation is 1. The number of benzene rings is 2. The number of rotatable bonds is 3. The van der Waals surface area contributed by atoms with Gasteiger partial charge in [0.25, 0.3) is 0 Å². The molecule has 2 atom stereocenters. The summed E-state index contributed by atoms with van der Waals surface area (Å²) in [6, 6.07) is 13.1. The zero-order valence-corrected chi connectivity index (χ0v) is 11.0. The SMILES string of the molecule is Cc1cc(C([O-])O)c(O)c(C(C)c2ccccc2)c1. The van der Waals surface area contributed by atoms with Crippen LogP contribution in [0.4, 0.5) is 0 Å². The summed E-state index contributed by atoms with van der Waals surface area (Å²) in [5.74, 6) is -0.150. The van der Waals surface area contributed by atoms with Crippen molar-refractivity contribution in [3.63, 3.8) is 0 Å². The molecule has 0 aliphatic heterocycles. The van der Waals surface area contributed by atoms with Crippen molar-refractivity contribution >= 4 is 0 Å². The van der Waals surface area contributed by atoms with Gasteiger partial charge in [-0.05, 0) is 12.5 Å². The number of aromatic hydroxyl groups is 1. The maximum Gasteiger partial charge on any atom is 0.123 e. The van der Waals surface area contributed by atoms with E-state index in [-0.39, 0.29) is 17.2 Å². The molecule has 0 heterocycles. The number of hydrogen-bond donors (Lipinski definition) is 2. The number of phenols is 1. The molecule has 100 valence electrons. The first kappa shape index (κ1) is 13.6. The number of hydrogen-bond acceptors (Lipinski definition) is 3. The highest BCUT2D eigenvalue weighted by Gasteiger charge is 2.16. The second kappa shape index (κ2) is 5.43. The molecular weight excluding hydrogens is 240 g/mol. The summed E-state index contributed by atoms with van der Waals surface area (Å²) in [4.78, 5) is 0. The summed E-state index contributed by atoms with van der Waals surface area (Å²) >= 11 is 0. The Morgan fingerprint density at radius 1 is 1.05 bits per heavy atom. The number of aliphatic hydroxyl groups is 1. The Hall–Kier alpha value is -1.84. The van der Waals surface area contributed by atoms with Crippen molar-refractivity contribution in [3.05, 3.63) is 64.7 Å². The van der Waals surface area contributed by atoms with Crippen molar-refractivity contribution in [1.29, 1.82) is 0 Å². The molecule has 0 saturated carbocycles. The minimum Gasteiger partial charge on any atom is -0.828 e. The summed E-state index contributed by atoms with van der Waals surface area (Å²) in [6.45, 7) is 3.80. The highest BCUT2D eigenvalue weighted by atomic mass is 16.5. The average Bonchev–Trinajstić information content (AvgIpc) is 2.41. The van der Waals surface area contributed by atoms with E-state index in [0.717, 1.165) is 11.1 Å². The van der Waals surface area contributed by atoms with E-state index < -0.39 is 6.29 Å². The van der Waals surface area contributed by atoms with Crippen LogP contribution >= 0.6 is 0 Å². The quantitative estimate of drug-likeness (QED) is 0.829. The van der Waals surface area contributed by atoms with Crippen molar-refractivity contribution in [1.82, 2.24) is 0 Å². The molecule has 0 aliphatic carbocycles. The van der Waals surface area contributed by atoms with Crippen LogP contribution in [-0.2, 0) is 0 Å². The summed E-state index contributed by atoms with van der Waals surface area (Å²) in [5.41, 5.74) is 2.60. The Bertz CT molecular complexity index is 562. The fourth-order valence-corrected chi connectivity index (χ4v) is 2.28. The molecule has 3 nitrogen and oxygen atoms in total. The molecule has 0 amide bonds. The van der Waals surface area contributed by atoms with Crippen LogP contribution in [0.5, 0.6) is 5.75 Å². The Morgan fingerprint density at radius 3 is 2.21 bits per heavy atom. The topological polar surface area (TPSA) is 63.5 Å². The van der Waals surface area contributed by atoms with E-state index in [1.54, 1.807) is 0 Å². The van der Waals surface area contributed by atoms with Gasteiger partial charge in [-0.15, -0.1) is 0 Å². The van der Waals surface area contributed by atoms with Crippen LogP contribution in [0.15, 0.2) is 42.5 Å². The molecule has 0 radical (unpaired) electrons. The van der Waals surface area contributed by atoms with Crippen LogP contribution in [0.3, 0.4) is 0 Å². The molecule has 0 bridgehead atoms. The minimum absolute atomic E-state index is 0.0396. The third kappa shape index (κ3) is 2.78. The molecule has 0 aromatic heterocycles. The van der Waals surface area contributed by atoms with Gasteiger partial charge in [0.05, 0.1) is 0 Å². The normalized spacial score (nSPS) is 14.1. The average molecular weight is 257 g/mol. The van der Waals surface area contributed by atoms with Gasteiger partial charge >= 0.3 is 0 Å². The first-order chi connectivity index (χ1) is 9.00. The van der Waals surface area contributed by atoms with Crippen molar-refractivity contribution in [3.8, 4) is 5.75 Å². The van der Waals surface area contributed by atoms with Crippen LogP contribution < -0.4 is 5.11 Å². The van der Waals surface area contributed by atoms with Crippen LogP contribution in [-0.4, -0.2) is 10.2 Å². The fraction of sp³-hybridized carbons (Fsp3) is 0.250. The molecule has 19 heavy (non-hydrogen) atoms. The standard InChI is InChI=1S/C16H17O3/c1-10-8-13(15(17)14(9-10)16(18)19)11(2)12-6-4-3-5-7-12/h3-9,11,16-18H,1-2H3/q-1. The molecule has 0 saturated heterocycles. The summed E-state index contributed by atoms with van der Waals surface area (Å²) < 4.78 is 0. The molecule has 2 unspecified atom stereocenters. The van der Waals surface area contributed by atoms with E-state index in [9.17, 15) is 15.3 Å². The van der Waals surface area contributed by atoms with Crippen LogP contribution in [0, 0.1) is 6.92 Å². The third-order valence-electron chi connectivity index (χ3n) is 3.35. The van der Waals surface area contributed by atoms with Crippen molar-refractivity contribution in [2.24, 2.45) is 0 Å². The highest BCUT2D eigenvalue weighted by Crippen LogP contribution is 2.35. The van der Waals surface area contributed by atoms with Gasteiger partial charge in [0, 0.05) is 23.3 Å².